The largest absolute Gasteiger partial charge is 0.383 e. The van der Waals surface area contributed by atoms with E-state index in [4.69, 9.17) is 0 Å². The van der Waals surface area contributed by atoms with Crippen LogP contribution in [0.2, 0.25) is 0 Å². The van der Waals surface area contributed by atoms with Crippen LogP contribution in [0.4, 0.5) is 5.69 Å². The lowest BCUT2D eigenvalue weighted by Crippen LogP contribution is -2.12. The fraction of sp³-hybridized carbons (Fsp3) is 0.545. The summed E-state index contributed by atoms with van der Waals surface area (Å²) in [5, 5.41) is 3.45. The highest BCUT2D eigenvalue weighted by molar-refractivity contribution is 5.48. The van der Waals surface area contributed by atoms with Gasteiger partial charge >= 0.3 is 0 Å². The first-order chi connectivity index (χ1) is 6.20. The van der Waals surface area contributed by atoms with Crippen LogP contribution in [0.25, 0.3) is 0 Å². The van der Waals surface area contributed by atoms with E-state index in [0.29, 0.717) is 5.41 Å². The standard InChI is InChI=1S/C11H16N2/c1-9-3-6-12-7-10(9)13-8-11(2)4-5-11/h3,6-7,13H,4-5,8H2,1-2H3. The fourth-order valence-electron chi connectivity index (χ4n) is 1.35. The summed E-state index contributed by atoms with van der Waals surface area (Å²) in [6.07, 6.45) is 6.46. The molecule has 1 heterocycles. The summed E-state index contributed by atoms with van der Waals surface area (Å²) >= 11 is 0. The average Bonchev–Trinajstić information content (AvgIpc) is 2.83. The molecule has 1 saturated carbocycles. The molecule has 1 aliphatic rings. The molecule has 0 atom stereocenters. The number of nitrogens with one attached hydrogen (secondary N) is 1. The third-order valence-electron chi connectivity index (χ3n) is 2.85. The molecule has 1 N–H and O–H groups in total. The molecule has 2 heteroatoms. The second-order valence-electron chi connectivity index (χ2n) is 4.35. The van der Waals surface area contributed by atoms with Crippen LogP contribution >= 0.6 is 0 Å². The van der Waals surface area contributed by atoms with Crippen LogP contribution in [-0.4, -0.2) is 11.5 Å². The van der Waals surface area contributed by atoms with Gasteiger partial charge in [0, 0.05) is 12.7 Å². The summed E-state index contributed by atoms with van der Waals surface area (Å²) in [7, 11) is 0. The van der Waals surface area contributed by atoms with Crippen molar-refractivity contribution >= 4 is 5.69 Å². The third kappa shape index (κ3) is 2.00. The van der Waals surface area contributed by atoms with Gasteiger partial charge in [0.05, 0.1) is 11.9 Å². The summed E-state index contributed by atoms with van der Waals surface area (Å²) in [5.74, 6) is 0. The highest BCUT2D eigenvalue weighted by Gasteiger charge is 2.36. The molecule has 0 aliphatic heterocycles. The van der Waals surface area contributed by atoms with Crippen molar-refractivity contribution in [3.05, 3.63) is 24.0 Å². The Hall–Kier alpha value is -1.05. The molecule has 0 unspecified atom stereocenters. The van der Waals surface area contributed by atoms with Gasteiger partial charge in [0.15, 0.2) is 0 Å². The van der Waals surface area contributed by atoms with E-state index in [1.165, 1.54) is 24.1 Å². The van der Waals surface area contributed by atoms with Gasteiger partial charge in [-0.05, 0) is 36.8 Å². The summed E-state index contributed by atoms with van der Waals surface area (Å²) in [6, 6.07) is 2.04. The Morgan fingerprint density at radius 2 is 2.31 bits per heavy atom. The van der Waals surface area contributed by atoms with Crippen molar-refractivity contribution in [2.45, 2.75) is 26.7 Å². The molecule has 1 aromatic heterocycles. The van der Waals surface area contributed by atoms with Crippen LogP contribution in [0.5, 0.6) is 0 Å². The van der Waals surface area contributed by atoms with E-state index < -0.39 is 0 Å². The average molecular weight is 176 g/mol. The van der Waals surface area contributed by atoms with Gasteiger partial charge in [0.1, 0.15) is 0 Å². The first-order valence-corrected chi connectivity index (χ1v) is 4.84. The minimum Gasteiger partial charge on any atom is -0.383 e. The molecule has 1 fully saturated rings. The zero-order valence-electron chi connectivity index (χ0n) is 8.30. The number of hydrogen-bond acceptors (Lipinski definition) is 2. The SMILES string of the molecule is Cc1ccncc1NCC1(C)CC1. The van der Waals surface area contributed by atoms with Gasteiger partial charge < -0.3 is 5.32 Å². The summed E-state index contributed by atoms with van der Waals surface area (Å²) in [6.45, 7) is 5.52. The highest BCUT2D eigenvalue weighted by Crippen LogP contribution is 2.44. The van der Waals surface area contributed by atoms with Crippen molar-refractivity contribution in [2.75, 3.05) is 11.9 Å². The van der Waals surface area contributed by atoms with Gasteiger partial charge in [-0.2, -0.15) is 0 Å². The molecule has 0 radical (unpaired) electrons. The summed E-state index contributed by atoms with van der Waals surface area (Å²) < 4.78 is 0. The van der Waals surface area contributed by atoms with Gasteiger partial charge in [-0.1, -0.05) is 6.92 Å². The van der Waals surface area contributed by atoms with Gasteiger partial charge in [-0.15, -0.1) is 0 Å². The molecule has 2 nitrogen and oxygen atoms in total. The first kappa shape index (κ1) is 8.54. The van der Waals surface area contributed by atoms with Crippen LogP contribution in [0.1, 0.15) is 25.3 Å². The van der Waals surface area contributed by atoms with Crippen LogP contribution in [0.3, 0.4) is 0 Å². The van der Waals surface area contributed by atoms with Crippen LogP contribution in [0.15, 0.2) is 18.5 Å². The van der Waals surface area contributed by atoms with Crippen molar-refractivity contribution in [3.63, 3.8) is 0 Å². The number of anilines is 1. The Morgan fingerprint density at radius 1 is 1.54 bits per heavy atom. The van der Waals surface area contributed by atoms with E-state index in [1.54, 1.807) is 0 Å². The zero-order chi connectivity index (χ0) is 9.31. The lowest BCUT2D eigenvalue weighted by Gasteiger charge is -2.12. The summed E-state index contributed by atoms with van der Waals surface area (Å²) in [4.78, 5) is 4.10. The molecule has 13 heavy (non-hydrogen) atoms. The van der Waals surface area contributed by atoms with Crippen LogP contribution in [-0.2, 0) is 0 Å². The minimum absolute atomic E-state index is 0.558. The Bertz CT molecular complexity index is 303. The van der Waals surface area contributed by atoms with Gasteiger partial charge in [-0.3, -0.25) is 4.98 Å². The van der Waals surface area contributed by atoms with Crippen molar-refractivity contribution < 1.29 is 0 Å². The predicted molar refractivity (Wildman–Crippen MR) is 54.8 cm³/mol. The van der Waals surface area contributed by atoms with E-state index in [-0.39, 0.29) is 0 Å². The van der Waals surface area contributed by atoms with Crippen LogP contribution in [0, 0.1) is 12.3 Å². The predicted octanol–water partition coefficient (Wildman–Crippen LogP) is 2.60. The van der Waals surface area contributed by atoms with E-state index in [2.05, 4.69) is 24.1 Å². The molecule has 0 amide bonds. The maximum Gasteiger partial charge on any atom is 0.0556 e. The normalized spacial score (nSPS) is 18.3. The minimum atomic E-state index is 0.558. The number of hydrogen-bond donors (Lipinski definition) is 1. The quantitative estimate of drug-likeness (QED) is 0.765. The molecule has 2 rings (SSSR count). The smallest absolute Gasteiger partial charge is 0.0556 e. The number of nitrogens with zero attached hydrogens (tertiary/aromatic N) is 1. The second-order valence-corrected chi connectivity index (χ2v) is 4.35. The van der Waals surface area contributed by atoms with E-state index >= 15 is 0 Å². The molecule has 0 aromatic carbocycles. The number of pyridine rings is 1. The monoisotopic (exact) mass is 176 g/mol. The zero-order valence-corrected chi connectivity index (χ0v) is 8.30. The molecule has 1 aliphatic carbocycles. The van der Waals surface area contributed by atoms with Crippen molar-refractivity contribution in [1.82, 2.24) is 4.98 Å². The molecule has 1 aromatic rings. The fourth-order valence-corrected chi connectivity index (χ4v) is 1.35. The maximum atomic E-state index is 4.10. The Labute approximate surface area is 79.4 Å². The van der Waals surface area contributed by atoms with Crippen LogP contribution < -0.4 is 5.32 Å². The van der Waals surface area contributed by atoms with E-state index in [0.717, 1.165) is 6.54 Å². The number of rotatable bonds is 3. The highest BCUT2D eigenvalue weighted by atomic mass is 14.9. The van der Waals surface area contributed by atoms with E-state index in [9.17, 15) is 0 Å². The third-order valence-corrected chi connectivity index (χ3v) is 2.85. The van der Waals surface area contributed by atoms with Gasteiger partial charge in [0.25, 0.3) is 0 Å². The number of aromatic nitrogens is 1. The Morgan fingerprint density at radius 3 is 2.92 bits per heavy atom. The molecule has 0 bridgehead atoms. The molecule has 70 valence electrons. The second kappa shape index (κ2) is 3.02. The Kier molecular flexibility index (Phi) is 1.98. The first-order valence-electron chi connectivity index (χ1n) is 4.84. The molecule has 0 saturated heterocycles. The van der Waals surface area contributed by atoms with Crippen molar-refractivity contribution in [3.8, 4) is 0 Å². The Balaban J connectivity index is 1.97. The summed E-state index contributed by atoms with van der Waals surface area (Å²) in [5.41, 5.74) is 3.01. The van der Waals surface area contributed by atoms with Crippen molar-refractivity contribution in [1.29, 1.82) is 0 Å². The lowest BCUT2D eigenvalue weighted by molar-refractivity contribution is 0.610. The molecule has 0 spiro atoms. The molecular formula is C11H16N2. The van der Waals surface area contributed by atoms with E-state index in [1.807, 2.05) is 18.5 Å². The lowest BCUT2D eigenvalue weighted by atomic mass is 10.1. The van der Waals surface area contributed by atoms with Gasteiger partial charge in [0.2, 0.25) is 0 Å². The molecular weight excluding hydrogens is 160 g/mol. The topological polar surface area (TPSA) is 24.9 Å². The van der Waals surface area contributed by atoms with Gasteiger partial charge in [-0.25, -0.2) is 0 Å². The maximum absolute atomic E-state index is 4.10. The number of aryl methyl sites for hydroxylation is 1. The van der Waals surface area contributed by atoms with Crippen molar-refractivity contribution in [2.24, 2.45) is 5.41 Å².